The van der Waals surface area contributed by atoms with Crippen molar-refractivity contribution in [3.63, 3.8) is 0 Å². The second-order valence-electron chi connectivity index (χ2n) is 9.48. The highest BCUT2D eigenvalue weighted by atomic mass is 16.6. The number of hydrogen-bond donors (Lipinski definition) is 4. The summed E-state index contributed by atoms with van der Waals surface area (Å²) >= 11 is 0. The quantitative estimate of drug-likeness (QED) is 0.234. The molecule has 2 heterocycles. The lowest BCUT2D eigenvalue weighted by Crippen LogP contribution is -2.40. The van der Waals surface area contributed by atoms with Crippen molar-refractivity contribution in [3.8, 4) is 11.5 Å². The summed E-state index contributed by atoms with van der Waals surface area (Å²) in [5, 5.41) is 24.2. The number of nitrogens with one attached hydrogen (secondary N) is 1. The van der Waals surface area contributed by atoms with Crippen LogP contribution in [0.15, 0.2) is 95.9 Å². The molecule has 0 spiro atoms. The molecule has 0 aliphatic carbocycles. The van der Waals surface area contributed by atoms with Crippen LogP contribution >= 0.6 is 0 Å². The molecule has 0 bridgehead atoms. The summed E-state index contributed by atoms with van der Waals surface area (Å²) < 4.78 is 17.6. The Morgan fingerprint density at radius 1 is 0.875 bits per heavy atom. The van der Waals surface area contributed by atoms with Gasteiger partial charge < -0.3 is 35.5 Å². The number of aliphatic hydroxyl groups is 2. The first-order valence-electron chi connectivity index (χ1n) is 12.8. The SMILES string of the molecule is COc1ccc(C(Nc2ccn([C@@H]3O[C@H](CN)[C@@H](O)[C@H]3O)c(=O)n2)(c2ccccc2)c2ccc(OC)cc2)cc1. The van der Waals surface area contributed by atoms with Gasteiger partial charge in [0.2, 0.25) is 0 Å². The molecule has 3 aromatic carbocycles. The van der Waals surface area contributed by atoms with E-state index in [1.807, 2.05) is 78.9 Å². The number of aromatic nitrogens is 2. The number of ether oxygens (including phenoxy) is 3. The monoisotopic (exact) mass is 544 g/mol. The van der Waals surface area contributed by atoms with Gasteiger partial charge in [-0.25, -0.2) is 4.79 Å². The molecule has 10 heteroatoms. The number of hydrogen-bond acceptors (Lipinski definition) is 9. The van der Waals surface area contributed by atoms with E-state index in [0.29, 0.717) is 17.3 Å². The van der Waals surface area contributed by atoms with E-state index in [2.05, 4.69) is 10.3 Å². The fourth-order valence-corrected chi connectivity index (χ4v) is 5.11. The highest BCUT2D eigenvalue weighted by molar-refractivity contribution is 5.59. The second-order valence-corrected chi connectivity index (χ2v) is 9.48. The first-order valence-corrected chi connectivity index (χ1v) is 12.8. The third-order valence-electron chi connectivity index (χ3n) is 7.24. The second kappa shape index (κ2) is 11.5. The van der Waals surface area contributed by atoms with E-state index in [1.165, 1.54) is 6.20 Å². The number of nitrogens with zero attached hydrogens (tertiary/aromatic N) is 2. The normalized spacial score (nSPS) is 20.7. The van der Waals surface area contributed by atoms with Crippen molar-refractivity contribution in [2.75, 3.05) is 26.1 Å². The van der Waals surface area contributed by atoms with Gasteiger partial charge in [-0.15, -0.1) is 0 Å². The molecule has 1 aliphatic heterocycles. The van der Waals surface area contributed by atoms with Gasteiger partial charge in [0, 0.05) is 12.7 Å². The van der Waals surface area contributed by atoms with Crippen molar-refractivity contribution >= 4 is 5.82 Å². The molecule has 0 unspecified atom stereocenters. The molecule has 208 valence electrons. The standard InChI is InChI=1S/C30H32N4O6/c1-38-22-12-8-20(9-13-22)30(19-6-4-3-5-7-19,21-10-14-23(39-2)15-11-21)33-25-16-17-34(29(37)32-25)28-27(36)26(35)24(18-31)40-28/h3-17,24,26-28,35-36H,18,31H2,1-2H3,(H,32,33,37)/t24-,26-,27-,28-/m1/s1. The number of methoxy groups -OCH3 is 2. The van der Waals surface area contributed by atoms with Gasteiger partial charge in [-0.2, -0.15) is 4.98 Å². The van der Waals surface area contributed by atoms with Gasteiger partial charge in [0.1, 0.15) is 41.2 Å². The maximum atomic E-state index is 13.2. The van der Waals surface area contributed by atoms with Crippen molar-refractivity contribution in [1.82, 2.24) is 9.55 Å². The minimum Gasteiger partial charge on any atom is -0.497 e. The minimum atomic E-state index is -1.33. The van der Waals surface area contributed by atoms with Crippen LogP contribution in [0.25, 0.3) is 0 Å². The van der Waals surface area contributed by atoms with Crippen molar-refractivity contribution < 1.29 is 24.4 Å². The molecule has 0 radical (unpaired) electrons. The molecule has 5 N–H and O–H groups in total. The minimum absolute atomic E-state index is 0.000136. The van der Waals surface area contributed by atoms with Gasteiger partial charge in [0.15, 0.2) is 6.23 Å². The smallest absolute Gasteiger partial charge is 0.351 e. The van der Waals surface area contributed by atoms with Gasteiger partial charge in [-0.3, -0.25) is 4.57 Å². The molecular formula is C30H32N4O6. The van der Waals surface area contributed by atoms with E-state index in [1.54, 1.807) is 20.3 Å². The molecule has 10 nitrogen and oxygen atoms in total. The Bertz CT molecular complexity index is 1430. The van der Waals surface area contributed by atoms with Crippen LogP contribution in [-0.2, 0) is 10.3 Å². The zero-order valence-corrected chi connectivity index (χ0v) is 22.2. The summed E-state index contributed by atoms with van der Waals surface area (Å²) in [5.74, 6) is 1.70. The lowest BCUT2D eigenvalue weighted by molar-refractivity contribution is -0.0371. The van der Waals surface area contributed by atoms with Crippen molar-refractivity contribution in [1.29, 1.82) is 0 Å². The van der Waals surface area contributed by atoms with Gasteiger partial charge >= 0.3 is 5.69 Å². The molecule has 4 atom stereocenters. The van der Waals surface area contributed by atoms with Crippen LogP contribution in [-0.4, -0.2) is 58.8 Å². The molecule has 4 aromatic rings. The lowest BCUT2D eigenvalue weighted by Gasteiger charge is -2.37. The van der Waals surface area contributed by atoms with Crippen molar-refractivity contribution in [2.24, 2.45) is 5.73 Å². The maximum absolute atomic E-state index is 13.2. The van der Waals surface area contributed by atoms with Crippen molar-refractivity contribution in [3.05, 3.63) is 118 Å². The number of nitrogens with two attached hydrogens (primary N) is 1. The predicted octanol–water partition coefficient (Wildman–Crippen LogP) is 2.24. The summed E-state index contributed by atoms with van der Waals surface area (Å²) in [6, 6.07) is 26.8. The zero-order chi connectivity index (χ0) is 28.3. The number of benzene rings is 3. The Labute approximate surface area is 231 Å². The van der Waals surface area contributed by atoms with E-state index in [4.69, 9.17) is 19.9 Å². The molecular weight excluding hydrogens is 512 g/mol. The summed E-state index contributed by atoms with van der Waals surface area (Å²) in [6.07, 6.45) is -2.96. The van der Waals surface area contributed by atoms with Gasteiger partial charge in [-0.1, -0.05) is 54.6 Å². The Morgan fingerprint density at radius 2 is 1.43 bits per heavy atom. The maximum Gasteiger partial charge on any atom is 0.351 e. The van der Waals surface area contributed by atoms with Gasteiger partial charge in [0.05, 0.1) is 14.2 Å². The Hall–Kier alpha value is -4.22. The largest absolute Gasteiger partial charge is 0.497 e. The van der Waals surface area contributed by atoms with E-state index < -0.39 is 35.8 Å². The topological polar surface area (TPSA) is 141 Å². The van der Waals surface area contributed by atoms with Crippen LogP contribution in [0.3, 0.4) is 0 Å². The fraction of sp³-hybridized carbons (Fsp3) is 0.267. The van der Waals surface area contributed by atoms with Crippen LogP contribution in [0.1, 0.15) is 22.9 Å². The van der Waals surface area contributed by atoms with Crippen LogP contribution in [0, 0.1) is 0 Å². The highest BCUT2D eigenvalue weighted by Gasteiger charge is 2.43. The molecule has 40 heavy (non-hydrogen) atoms. The summed E-state index contributed by atoms with van der Waals surface area (Å²) in [5.41, 5.74) is 6.65. The first-order chi connectivity index (χ1) is 19.4. The molecule has 0 saturated carbocycles. The van der Waals surface area contributed by atoms with Crippen LogP contribution in [0.5, 0.6) is 11.5 Å². The number of aliphatic hydroxyl groups excluding tert-OH is 2. The van der Waals surface area contributed by atoms with Crippen LogP contribution in [0.2, 0.25) is 0 Å². The number of rotatable bonds is 9. The predicted molar refractivity (Wildman–Crippen MR) is 149 cm³/mol. The third-order valence-corrected chi connectivity index (χ3v) is 7.24. The summed E-state index contributed by atoms with van der Waals surface area (Å²) in [6.45, 7) is -0.000136. The molecule has 0 amide bonds. The zero-order valence-electron chi connectivity index (χ0n) is 22.2. The molecule has 1 aromatic heterocycles. The Morgan fingerprint density at radius 3 is 1.90 bits per heavy atom. The van der Waals surface area contributed by atoms with Crippen LogP contribution in [0.4, 0.5) is 5.82 Å². The third kappa shape index (κ3) is 4.93. The van der Waals surface area contributed by atoms with Crippen molar-refractivity contribution in [2.45, 2.75) is 30.1 Å². The molecule has 1 fully saturated rings. The summed E-state index contributed by atoms with van der Waals surface area (Å²) in [4.78, 5) is 17.5. The fourth-order valence-electron chi connectivity index (χ4n) is 5.11. The average molecular weight is 545 g/mol. The average Bonchev–Trinajstić information content (AvgIpc) is 3.29. The lowest BCUT2D eigenvalue weighted by atomic mass is 9.77. The number of anilines is 1. The summed E-state index contributed by atoms with van der Waals surface area (Å²) in [7, 11) is 3.22. The van der Waals surface area contributed by atoms with E-state index in [0.717, 1.165) is 21.3 Å². The molecule has 1 saturated heterocycles. The van der Waals surface area contributed by atoms with Gasteiger partial charge in [-0.05, 0) is 47.0 Å². The van der Waals surface area contributed by atoms with E-state index in [9.17, 15) is 15.0 Å². The van der Waals surface area contributed by atoms with E-state index >= 15 is 0 Å². The molecule has 5 rings (SSSR count). The molecule has 1 aliphatic rings. The van der Waals surface area contributed by atoms with Crippen LogP contribution < -0.4 is 26.2 Å². The highest BCUT2D eigenvalue weighted by Crippen LogP contribution is 2.41. The van der Waals surface area contributed by atoms with E-state index in [-0.39, 0.29) is 6.54 Å². The first kappa shape index (κ1) is 27.4. The Balaban J connectivity index is 1.63. The Kier molecular flexibility index (Phi) is 7.85. The van der Waals surface area contributed by atoms with Gasteiger partial charge in [0.25, 0.3) is 0 Å².